The molecular formula is C41H52N8O6. The number of likely N-dealkylation sites (N-methyl/N-ethyl adjacent to an activating group) is 1. The van der Waals surface area contributed by atoms with Crippen LogP contribution in [0.4, 0.5) is 9.59 Å². The van der Waals surface area contributed by atoms with Crippen molar-refractivity contribution in [3.63, 3.8) is 0 Å². The Hall–Kier alpha value is -5.66. The van der Waals surface area contributed by atoms with Gasteiger partial charge in [-0.2, -0.15) is 0 Å². The normalized spacial score (nSPS) is 18.3. The second kappa shape index (κ2) is 16.0. The molecule has 14 nitrogen and oxygen atoms in total. The highest BCUT2D eigenvalue weighted by atomic mass is 16.5. The number of carbonyl (C=O) groups is 4. The number of ether oxygens (including phenoxy) is 1. The lowest BCUT2D eigenvalue weighted by Crippen LogP contribution is -2.54. The smallest absolute Gasteiger partial charge is 0.407 e. The van der Waals surface area contributed by atoms with Crippen LogP contribution in [0.2, 0.25) is 0 Å². The molecule has 292 valence electrons. The van der Waals surface area contributed by atoms with E-state index < -0.39 is 29.7 Å². The van der Waals surface area contributed by atoms with Gasteiger partial charge < -0.3 is 34.9 Å². The second-order valence-electron chi connectivity index (χ2n) is 15.9. The van der Waals surface area contributed by atoms with Crippen molar-refractivity contribution < 1.29 is 29.0 Å². The molecule has 0 saturated carbocycles. The molecule has 14 heteroatoms. The van der Waals surface area contributed by atoms with E-state index in [1.54, 1.807) is 17.3 Å². The van der Waals surface area contributed by atoms with E-state index in [4.69, 9.17) is 4.74 Å². The molecule has 55 heavy (non-hydrogen) atoms. The average molecular weight is 753 g/mol. The minimum Gasteiger partial charge on any atom is -0.465 e. The molecule has 2 aliphatic rings. The number of hydrogen-bond acceptors (Lipinski definition) is 7. The summed E-state index contributed by atoms with van der Waals surface area (Å²) in [6.45, 7) is 10.6. The maximum atomic E-state index is 13.7. The number of imidazole rings is 2. The first-order chi connectivity index (χ1) is 26.2. The first kappa shape index (κ1) is 39.0. The first-order valence-corrected chi connectivity index (χ1v) is 18.9. The van der Waals surface area contributed by atoms with Gasteiger partial charge in [-0.15, -0.1) is 0 Å². The molecule has 2 aromatic heterocycles. The Morgan fingerprint density at radius 3 is 1.64 bits per heavy atom. The molecule has 4 amide bonds. The van der Waals surface area contributed by atoms with Gasteiger partial charge >= 0.3 is 12.2 Å². The van der Waals surface area contributed by atoms with E-state index in [2.05, 4.69) is 49.5 Å². The van der Waals surface area contributed by atoms with E-state index >= 15 is 0 Å². The molecule has 4 atom stereocenters. The van der Waals surface area contributed by atoms with E-state index in [0.717, 1.165) is 64.2 Å². The molecule has 0 spiro atoms. The molecule has 6 rings (SSSR count). The third-order valence-electron chi connectivity index (χ3n) is 10.8. The fraction of sp³-hybridized carbons (Fsp3) is 0.463. The average Bonchev–Trinajstić information content (AvgIpc) is 3.99. The number of amides is 4. The fourth-order valence-electron chi connectivity index (χ4n) is 7.80. The Morgan fingerprint density at radius 1 is 0.800 bits per heavy atom. The van der Waals surface area contributed by atoms with Crippen LogP contribution in [-0.4, -0.2) is 103 Å². The fourth-order valence-corrected chi connectivity index (χ4v) is 7.80. The molecule has 4 heterocycles. The Kier molecular flexibility index (Phi) is 11.3. The highest BCUT2D eigenvalue weighted by Gasteiger charge is 2.42. The van der Waals surface area contributed by atoms with Crippen LogP contribution in [0.1, 0.15) is 84.0 Å². The maximum absolute atomic E-state index is 13.7. The quantitative estimate of drug-likeness (QED) is 0.136. The Balaban J connectivity index is 1.12. The van der Waals surface area contributed by atoms with Crippen LogP contribution in [-0.2, 0) is 14.3 Å². The van der Waals surface area contributed by atoms with Crippen LogP contribution in [0.15, 0.2) is 60.9 Å². The number of carbonyl (C=O) groups excluding carboxylic acids is 3. The summed E-state index contributed by atoms with van der Waals surface area (Å²) in [4.78, 5) is 72.0. The van der Waals surface area contributed by atoms with Gasteiger partial charge in [0.05, 0.1) is 43.0 Å². The maximum Gasteiger partial charge on any atom is 0.407 e. The van der Waals surface area contributed by atoms with Crippen molar-refractivity contribution >= 4 is 24.0 Å². The minimum atomic E-state index is -1.13. The zero-order valence-electron chi connectivity index (χ0n) is 32.6. The number of carboxylic acid groups (broad SMARTS) is 1. The summed E-state index contributed by atoms with van der Waals surface area (Å²) in [5.41, 5.74) is 5.19. The van der Waals surface area contributed by atoms with E-state index in [1.165, 1.54) is 14.2 Å². The van der Waals surface area contributed by atoms with Gasteiger partial charge in [0.2, 0.25) is 11.8 Å². The van der Waals surface area contributed by atoms with Gasteiger partial charge in [0, 0.05) is 20.1 Å². The van der Waals surface area contributed by atoms with Crippen molar-refractivity contribution in [3.8, 4) is 33.6 Å². The SMILES string of the molecule is COC(=O)N[C@H](C(=O)N1CCCC1c1ncc(-c2ccc(-c3ccc(-c4cnc([C@@H]5CCCN5C(=O)[C@H](C(C)C)N(C)C(=O)O)[nH]4)cc3)cc2)[nH]1)C(C)(C)C. The number of hydrogen-bond donors (Lipinski definition) is 4. The zero-order chi connectivity index (χ0) is 39.6. The first-order valence-electron chi connectivity index (χ1n) is 18.9. The van der Waals surface area contributed by atoms with Crippen LogP contribution in [0.25, 0.3) is 33.6 Å². The molecule has 2 fully saturated rings. The molecule has 0 bridgehead atoms. The molecule has 4 N–H and O–H groups in total. The number of methoxy groups -OCH3 is 1. The number of rotatable bonds is 10. The lowest BCUT2D eigenvalue weighted by Gasteiger charge is -2.35. The van der Waals surface area contributed by atoms with Gasteiger partial charge in [-0.3, -0.25) is 14.5 Å². The van der Waals surface area contributed by atoms with E-state index in [0.29, 0.717) is 24.7 Å². The number of nitrogens with one attached hydrogen (secondary N) is 3. The summed E-state index contributed by atoms with van der Waals surface area (Å²) in [5, 5.41) is 12.3. The van der Waals surface area contributed by atoms with Gasteiger partial charge in [-0.1, -0.05) is 83.1 Å². The van der Waals surface area contributed by atoms with Crippen molar-refractivity contribution in [2.24, 2.45) is 11.3 Å². The van der Waals surface area contributed by atoms with Crippen LogP contribution < -0.4 is 5.32 Å². The highest BCUT2D eigenvalue weighted by molar-refractivity contribution is 5.87. The summed E-state index contributed by atoms with van der Waals surface area (Å²) < 4.78 is 4.79. The van der Waals surface area contributed by atoms with Gasteiger partial charge in [-0.05, 0) is 59.3 Å². The Bertz CT molecular complexity index is 2000. The number of benzene rings is 2. The van der Waals surface area contributed by atoms with Crippen molar-refractivity contribution in [1.82, 2.24) is 40.0 Å². The molecule has 2 aromatic carbocycles. The van der Waals surface area contributed by atoms with Gasteiger partial charge in [0.25, 0.3) is 0 Å². The summed E-state index contributed by atoms with van der Waals surface area (Å²) in [6.07, 6.45) is 4.99. The molecule has 4 aromatic rings. The lowest BCUT2D eigenvalue weighted by molar-refractivity contribution is -0.138. The van der Waals surface area contributed by atoms with E-state index in [-0.39, 0.29) is 29.8 Å². The zero-order valence-corrected chi connectivity index (χ0v) is 32.6. The predicted octanol–water partition coefficient (Wildman–Crippen LogP) is 6.87. The summed E-state index contributed by atoms with van der Waals surface area (Å²) >= 11 is 0. The van der Waals surface area contributed by atoms with Crippen molar-refractivity contribution in [2.45, 2.75) is 84.5 Å². The van der Waals surface area contributed by atoms with E-state index in [9.17, 15) is 24.3 Å². The molecule has 2 saturated heterocycles. The summed E-state index contributed by atoms with van der Waals surface area (Å²) in [5.74, 6) is 0.882. The van der Waals surface area contributed by atoms with Crippen molar-refractivity contribution in [2.75, 3.05) is 27.2 Å². The second-order valence-corrected chi connectivity index (χ2v) is 15.9. The van der Waals surface area contributed by atoms with Gasteiger partial charge in [0.1, 0.15) is 23.7 Å². The van der Waals surface area contributed by atoms with Crippen LogP contribution in [0.5, 0.6) is 0 Å². The Morgan fingerprint density at radius 2 is 1.24 bits per heavy atom. The highest BCUT2D eigenvalue weighted by Crippen LogP contribution is 2.36. The number of nitrogens with zero attached hydrogens (tertiary/aromatic N) is 5. The van der Waals surface area contributed by atoms with Crippen molar-refractivity contribution in [1.29, 1.82) is 0 Å². The molecule has 0 radical (unpaired) electrons. The Labute approximate surface area is 321 Å². The van der Waals surface area contributed by atoms with Crippen LogP contribution in [0, 0.1) is 11.3 Å². The standard InChI is InChI=1S/C41H52N8O6/c1-24(2)33(47(6)40(53)54)37(50)48-20-8-10-31(48)35-42-22-29(44-35)27-16-12-25(13-17-27)26-14-18-28(19-15-26)30-23-43-36(45-30)32-11-9-21-49(32)38(51)34(41(3,4)5)46-39(52)55-7/h12-19,22-24,31-34H,8-11,20-21H2,1-7H3,(H,42,44)(H,43,45)(H,46,52)(H,53,54)/t31-,32?,33-,34+/m0/s1. The summed E-state index contributed by atoms with van der Waals surface area (Å²) in [7, 11) is 2.74. The topological polar surface area (TPSA) is 177 Å². The number of H-pyrrole nitrogens is 2. The molecular weight excluding hydrogens is 701 g/mol. The van der Waals surface area contributed by atoms with Gasteiger partial charge in [-0.25, -0.2) is 19.6 Å². The van der Waals surface area contributed by atoms with Gasteiger partial charge in [0.15, 0.2) is 0 Å². The van der Waals surface area contributed by atoms with E-state index in [1.807, 2.05) is 63.8 Å². The van der Waals surface area contributed by atoms with Crippen LogP contribution in [0.3, 0.4) is 0 Å². The number of likely N-dealkylation sites (tertiary alicyclic amines) is 2. The lowest BCUT2D eigenvalue weighted by atomic mass is 9.85. The van der Waals surface area contributed by atoms with Crippen molar-refractivity contribution in [3.05, 3.63) is 72.6 Å². The minimum absolute atomic E-state index is 0.156. The third-order valence-corrected chi connectivity index (χ3v) is 10.8. The number of aromatic nitrogens is 4. The molecule has 2 aliphatic heterocycles. The monoisotopic (exact) mass is 752 g/mol. The molecule has 0 aliphatic carbocycles. The predicted molar refractivity (Wildman–Crippen MR) is 208 cm³/mol. The summed E-state index contributed by atoms with van der Waals surface area (Å²) in [6, 6.07) is 14.4. The molecule has 1 unspecified atom stereocenters. The van der Waals surface area contributed by atoms with Crippen LogP contribution >= 0.6 is 0 Å². The number of aromatic amines is 2. The number of alkyl carbamates (subject to hydrolysis) is 1. The largest absolute Gasteiger partial charge is 0.465 e. The third kappa shape index (κ3) is 8.23.